The minimum Gasteiger partial charge on any atom is -0.351 e. The van der Waals surface area contributed by atoms with E-state index in [1.807, 2.05) is 14.1 Å². The number of nitrogens with zero attached hydrogens (tertiary/aromatic N) is 2. The van der Waals surface area contributed by atoms with Crippen molar-refractivity contribution in [2.45, 2.75) is 37.8 Å². The maximum atomic E-state index is 12.0. The minimum atomic E-state index is -0.0737. The van der Waals surface area contributed by atoms with Gasteiger partial charge in [0.25, 0.3) is 5.91 Å². The van der Waals surface area contributed by atoms with E-state index in [-0.39, 0.29) is 5.91 Å². The number of rotatable bonds is 3. The predicted molar refractivity (Wildman–Crippen MR) is 63.7 cm³/mol. The molecule has 5 heteroatoms. The predicted octanol–water partition coefficient (Wildman–Crippen LogP) is 1.28. The Morgan fingerprint density at radius 3 is 2.71 bits per heavy atom. The van der Waals surface area contributed by atoms with Crippen molar-refractivity contribution in [3.05, 3.63) is 18.0 Å². The lowest BCUT2D eigenvalue weighted by Gasteiger charge is -2.34. The van der Waals surface area contributed by atoms with Gasteiger partial charge in [-0.05, 0) is 32.7 Å². The fraction of sp³-hybridized carbons (Fsp3) is 0.667. The van der Waals surface area contributed by atoms with Gasteiger partial charge in [0, 0.05) is 25.2 Å². The Morgan fingerprint density at radius 1 is 1.47 bits per heavy atom. The van der Waals surface area contributed by atoms with Crippen molar-refractivity contribution in [3.63, 3.8) is 0 Å². The molecule has 1 N–H and O–H groups in total. The first kappa shape index (κ1) is 12.1. The molecular formula is C12H19N3O2. The maximum Gasteiger partial charge on any atom is 0.292 e. The minimum absolute atomic E-state index is 0.0737. The lowest BCUT2D eigenvalue weighted by molar-refractivity contribution is 0.0644. The Hall–Kier alpha value is -1.36. The number of hydrogen-bond donors (Lipinski definition) is 1. The molecular weight excluding hydrogens is 218 g/mol. The van der Waals surface area contributed by atoms with Gasteiger partial charge in [-0.25, -0.2) is 0 Å². The highest BCUT2D eigenvalue weighted by atomic mass is 16.5. The van der Waals surface area contributed by atoms with Crippen LogP contribution in [0.4, 0.5) is 0 Å². The van der Waals surface area contributed by atoms with Crippen LogP contribution in [0.25, 0.3) is 0 Å². The van der Waals surface area contributed by atoms with Crippen molar-refractivity contribution in [2.75, 3.05) is 14.1 Å². The van der Waals surface area contributed by atoms with E-state index in [1.165, 1.54) is 6.20 Å². The molecule has 0 atom stereocenters. The first-order valence-electron chi connectivity index (χ1n) is 6.07. The van der Waals surface area contributed by atoms with Gasteiger partial charge >= 0.3 is 0 Å². The molecule has 94 valence electrons. The van der Waals surface area contributed by atoms with Crippen LogP contribution in [0.1, 0.15) is 36.2 Å². The highest BCUT2D eigenvalue weighted by Crippen LogP contribution is 2.23. The van der Waals surface area contributed by atoms with E-state index >= 15 is 0 Å². The second-order valence-electron chi connectivity index (χ2n) is 4.59. The quantitative estimate of drug-likeness (QED) is 0.860. The summed E-state index contributed by atoms with van der Waals surface area (Å²) in [7, 11) is 3.84. The highest BCUT2D eigenvalue weighted by molar-refractivity contribution is 5.91. The molecule has 5 nitrogen and oxygen atoms in total. The molecule has 0 unspecified atom stereocenters. The lowest BCUT2D eigenvalue weighted by atomic mass is 9.90. The summed E-state index contributed by atoms with van der Waals surface area (Å²) in [5, 5.41) is 6.85. The van der Waals surface area contributed by atoms with Crippen LogP contribution < -0.4 is 5.32 Å². The largest absolute Gasteiger partial charge is 0.351 e. The smallest absolute Gasteiger partial charge is 0.292 e. The summed E-state index contributed by atoms with van der Waals surface area (Å²) >= 11 is 0. The molecule has 1 aliphatic rings. The molecule has 1 saturated carbocycles. The van der Waals surface area contributed by atoms with Gasteiger partial charge in [0.2, 0.25) is 5.76 Å². The van der Waals surface area contributed by atoms with Crippen LogP contribution in [0, 0.1) is 0 Å². The van der Waals surface area contributed by atoms with Crippen LogP contribution in [0.15, 0.2) is 16.8 Å². The Kier molecular flexibility index (Phi) is 3.78. The topological polar surface area (TPSA) is 58.4 Å². The number of aromatic nitrogens is 1. The summed E-state index contributed by atoms with van der Waals surface area (Å²) in [4.78, 5) is 13.8. The zero-order valence-electron chi connectivity index (χ0n) is 10.3. The highest BCUT2D eigenvalue weighted by Gasteiger charge is 2.27. The van der Waals surface area contributed by atoms with Gasteiger partial charge in [-0.1, -0.05) is 5.16 Å². The second-order valence-corrected chi connectivity index (χ2v) is 4.59. The molecule has 0 saturated heterocycles. The lowest BCUT2D eigenvalue weighted by Crippen LogP contribution is -2.42. The van der Waals surface area contributed by atoms with Crippen molar-refractivity contribution in [1.29, 1.82) is 0 Å². The van der Waals surface area contributed by atoms with E-state index in [0.29, 0.717) is 17.8 Å². The Bertz CT molecular complexity index is 356. The van der Waals surface area contributed by atoms with Crippen LogP contribution >= 0.6 is 0 Å². The summed E-state index contributed by atoms with van der Waals surface area (Å²) < 4.78 is 4.90. The third-order valence-electron chi connectivity index (χ3n) is 3.62. The third kappa shape index (κ3) is 2.66. The molecule has 17 heavy (non-hydrogen) atoms. The first-order chi connectivity index (χ1) is 8.22. The molecule has 1 aromatic heterocycles. The van der Waals surface area contributed by atoms with Gasteiger partial charge in [-0.2, -0.15) is 0 Å². The molecule has 0 bridgehead atoms. The fourth-order valence-electron chi connectivity index (χ4n) is 2.42. The van der Waals surface area contributed by atoms with Crippen LogP contribution in [-0.4, -0.2) is 42.1 Å². The second kappa shape index (κ2) is 5.31. The normalized spacial score (nSPS) is 24.6. The average molecular weight is 237 g/mol. The van der Waals surface area contributed by atoms with Gasteiger partial charge < -0.3 is 14.7 Å². The van der Waals surface area contributed by atoms with Gasteiger partial charge in [0.05, 0.1) is 6.20 Å². The van der Waals surface area contributed by atoms with Gasteiger partial charge in [0.1, 0.15) is 0 Å². The molecule has 1 aliphatic carbocycles. The van der Waals surface area contributed by atoms with Crippen molar-refractivity contribution in [1.82, 2.24) is 15.4 Å². The number of nitrogens with one attached hydrogen (secondary N) is 1. The third-order valence-corrected chi connectivity index (χ3v) is 3.62. The summed E-state index contributed by atoms with van der Waals surface area (Å²) in [5.41, 5.74) is 0. The van der Waals surface area contributed by atoms with E-state index in [2.05, 4.69) is 10.5 Å². The van der Waals surface area contributed by atoms with E-state index < -0.39 is 0 Å². The standard InChI is InChI=1S/C12H19N3O2/c1-13-9-3-5-10(6-4-9)15(2)12(16)11-7-8-14-17-11/h7-10,13H,3-6H2,1-2H3. The zero-order valence-corrected chi connectivity index (χ0v) is 10.3. The van der Waals surface area contributed by atoms with Crippen molar-refractivity contribution >= 4 is 5.91 Å². The van der Waals surface area contributed by atoms with E-state index in [4.69, 9.17) is 4.52 Å². The molecule has 0 spiro atoms. The number of amides is 1. The van der Waals surface area contributed by atoms with Crippen LogP contribution in [-0.2, 0) is 0 Å². The van der Waals surface area contributed by atoms with Gasteiger partial charge in [-0.15, -0.1) is 0 Å². The zero-order chi connectivity index (χ0) is 12.3. The fourth-order valence-corrected chi connectivity index (χ4v) is 2.42. The summed E-state index contributed by atoms with van der Waals surface area (Å²) in [5.74, 6) is 0.249. The summed E-state index contributed by atoms with van der Waals surface area (Å²) in [6.45, 7) is 0. The van der Waals surface area contributed by atoms with Crippen molar-refractivity contribution in [3.8, 4) is 0 Å². The van der Waals surface area contributed by atoms with E-state index in [0.717, 1.165) is 25.7 Å². The average Bonchev–Trinajstić information content (AvgIpc) is 2.91. The molecule has 1 aromatic rings. The number of hydrogen-bond acceptors (Lipinski definition) is 4. The summed E-state index contributed by atoms with van der Waals surface area (Å²) in [6.07, 6.45) is 5.83. The van der Waals surface area contributed by atoms with Crippen molar-refractivity contribution < 1.29 is 9.32 Å². The monoisotopic (exact) mass is 237 g/mol. The SMILES string of the molecule is CNC1CCC(N(C)C(=O)c2ccno2)CC1. The van der Waals surface area contributed by atoms with Crippen LogP contribution in [0.3, 0.4) is 0 Å². The van der Waals surface area contributed by atoms with Gasteiger partial charge in [0.15, 0.2) is 0 Å². The Balaban J connectivity index is 1.92. The molecule has 0 aromatic carbocycles. The van der Waals surface area contributed by atoms with Crippen LogP contribution in [0.5, 0.6) is 0 Å². The Labute approximate surface area is 101 Å². The molecule has 1 amide bonds. The molecule has 0 radical (unpaired) electrons. The Morgan fingerprint density at radius 2 is 2.18 bits per heavy atom. The molecule has 2 rings (SSSR count). The molecule has 0 aliphatic heterocycles. The van der Waals surface area contributed by atoms with E-state index in [9.17, 15) is 4.79 Å². The number of carbonyl (C=O) groups is 1. The molecule has 1 fully saturated rings. The number of carbonyl (C=O) groups excluding carboxylic acids is 1. The maximum absolute atomic E-state index is 12.0. The van der Waals surface area contributed by atoms with Crippen LogP contribution in [0.2, 0.25) is 0 Å². The van der Waals surface area contributed by atoms with Crippen molar-refractivity contribution in [2.24, 2.45) is 0 Å². The first-order valence-corrected chi connectivity index (χ1v) is 6.07. The van der Waals surface area contributed by atoms with E-state index in [1.54, 1.807) is 11.0 Å². The molecule has 1 heterocycles. The summed E-state index contributed by atoms with van der Waals surface area (Å²) in [6, 6.07) is 2.52. The van der Waals surface area contributed by atoms with Gasteiger partial charge in [-0.3, -0.25) is 4.79 Å².